The summed E-state index contributed by atoms with van der Waals surface area (Å²) in [6, 6.07) is 2.07. The summed E-state index contributed by atoms with van der Waals surface area (Å²) >= 11 is 0. The number of unbranched alkanes of at least 4 members (excludes halogenated alkanes) is 1. The number of rotatable bonds is 9. The Bertz CT molecular complexity index is 832. The normalized spacial score (nSPS) is 12.9. The van der Waals surface area contributed by atoms with Crippen LogP contribution in [0.15, 0.2) is 12.3 Å². The second-order valence-electron chi connectivity index (χ2n) is 10.2. The Kier molecular flexibility index (Phi) is 11.7. The summed E-state index contributed by atoms with van der Waals surface area (Å²) < 4.78 is 7.98. The Balaban J connectivity index is 0.00000450. The molecule has 31 heavy (non-hydrogen) atoms. The van der Waals surface area contributed by atoms with Crippen LogP contribution in [-0.2, 0) is 35.8 Å². The van der Waals surface area contributed by atoms with Crippen molar-refractivity contribution in [3.05, 3.63) is 31.1 Å². The van der Waals surface area contributed by atoms with E-state index in [9.17, 15) is 4.79 Å². The van der Waals surface area contributed by atoms with Gasteiger partial charge in [-0.1, -0.05) is 40.5 Å². The zero-order valence-corrected chi connectivity index (χ0v) is 22.5. The molecule has 2 aromatic heterocycles. The standard InChI is InChI=1S/C24H39N3O2.CH3.V/c1-9-17(16-29-24(5,6)7)12-10-11-13-20(28)19-15-25-18-14-21(23(2,3)4)27(8)22(18)26-19;;/h14-15,17H,9-13,16H2,1-8H3;1H3;/q;-1;. The molecule has 0 aliphatic carbocycles. The molecule has 0 saturated heterocycles. The van der Waals surface area contributed by atoms with Crippen molar-refractivity contribution < 1.29 is 28.1 Å². The molecule has 0 fully saturated rings. The first-order chi connectivity index (χ1) is 13.4. The fourth-order valence-electron chi connectivity index (χ4n) is 3.55. The first-order valence-electron chi connectivity index (χ1n) is 10.9. The summed E-state index contributed by atoms with van der Waals surface area (Å²) in [4.78, 5) is 21.8. The van der Waals surface area contributed by atoms with Crippen LogP contribution in [0.1, 0.15) is 96.8 Å². The molecule has 0 N–H and O–H groups in total. The molecule has 0 aliphatic rings. The minimum Gasteiger partial charge on any atom is -0.376 e. The van der Waals surface area contributed by atoms with E-state index in [-0.39, 0.29) is 42.8 Å². The van der Waals surface area contributed by atoms with Gasteiger partial charge in [-0.05, 0) is 45.6 Å². The van der Waals surface area contributed by atoms with Gasteiger partial charge < -0.3 is 16.7 Å². The van der Waals surface area contributed by atoms with Gasteiger partial charge in [0, 0.05) is 43.1 Å². The Hall–Kier alpha value is -1.17. The number of ether oxygens (including phenoxy) is 1. The summed E-state index contributed by atoms with van der Waals surface area (Å²) in [6.45, 7) is 15.8. The molecule has 1 unspecified atom stereocenters. The fourth-order valence-corrected chi connectivity index (χ4v) is 3.55. The predicted molar refractivity (Wildman–Crippen MR) is 126 cm³/mol. The van der Waals surface area contributed by atoms with Gasteiger partial charge in [-0.2, -0.15) is 0 Å². The van der Waals surface area contributed by atoms with E-state index in [1.54, 1.807) is 6.20 Å². The van der Waals surface area contributed by atoms with Gasteiger partial charge in [0.25, 0.3) is 0 Å². The van der Waals surface area contributed by atoms with E-state index in [2.05, 4.69) is 69.1 Å². The molecule has 0 saturated carbocycles. The van der Waals surface area contributed by atoms with E-state index >= 15 is 0 Å². The number of aryl methyl sites for hydroxylation is 1. The van der Waals surface area contributed by atoms with Crippen LogP contribution in [0.5, 0.6) is 0 Å². The van der Waals surface area contributed by atoms with Crippen molar-refractivity contribution in [2.75, 3.05) is 6.61 Å². The van der Waals surface area contributed by atoms with Gasteiger partial charge in [0.05, 0.1) is 18.4 Å². The van der Waals surface area contributed by atoms with Crippen molar-refractivity contribution in [1.82, 2.24) is 14.5 Å². The Morgan fingerprint density at radius 1 is 1.16 bits per heavy atom. The monoisotopic (exact) mass is 467 g/mol. The summed E-state index contributed by atoms with van der Waals surface area (Å²) in [5.74, 6) is 0.636. The van der Waals surface area contributed by atoms with Gasteiger partial charge in [-0.25, -0.2) is 4.98 Å². The summed E-state index contributed by atoms with van der Waals surface area (Å²) in [7, 11) is 2.00. The molecule has 0 aliphatic heterocycles. The Morgan fingerprint density at radius 2 is 1.81 bits per heavy atom. The van der Waals surface area contributed by atoms with Crippen LogP contribution in [0, 0.1) is 13.3 Å². The molecule has 0 aromatic carbocycles. The largest absolute Gasteiger partial charge is 0.376 e. The van der Waals surface area contributed by atoms with Gasteiger partial charge in [-0.15, -0.1) is 0 Å². The van der Waals surface area contributed by atoms with E-state index in [0.29, 0.717) is 18.0 Å². The van der Waals surface area contributed by atoms with Crippen molar-refractivity contribution >= 4 is 16.9 Å². The van der Waals surface area contributed by atoms with Crippen molar-refractivity contribution in [2.45, 2.75) is 91.6 Å². The molecule has 1 atom stereocenters. The summed E-state index contributed by atoms with van der Waals surface area (Å²) in [5, 5.41) is 0. The van der Waals surface area contributed by atoms with Gasteiger partial charge in [0.1, 0.15) is 11.2 Å². The Labute approximate surface area is 201 Å². The van der Waals surface area contributed by atoms with Gasteiger partial charge in [-0.3, -0.25) is 9.78 Å². The maximum Gasteiger partial charge on any atom is 0.182 e. The molecule has 2 heterocycles. The SMILES string of the molecule is CCC(CCCCC(=O)c1cnc2cc(C(C)(C)C)n(C)c2n1)COC(C)(C)C.[CH3-].[V]. The van der Waals surface area contributed by atoms with Crippen molar-refractivity contribution in [3.63, 3.8) is 0 Å². The third kappa shape index (κ3) is 8.71. The van der Waals surface area contributed by atoms with Crippen LogP contribution in [0.3, 0.4) is 0 Å². The number of fused-ring (bicyclic) bond motifs is 1. The minimum absolute atomic E-state index is 0. The van der Waals surface area contributed by atoms with Gasteiger partial charge in [0.2, 0.25) is 0 Å². The molecule has 0 amide bonds. The number of nitrogens with zero attached hydrogens (tertiary/aromatic N) is 3. The first kappa shape index (κ1) is 29.8. The predicted octanol–water partition coefficient (Wildman–Crippen LogP) is 6.30. The average molecular weight is 468 g/mol. The molecule has 5 nitrogen and oxygen atoms in total. The van der Waals surface area contributed by atoms with E-state index in [4.69, 9.17) is 4.74 Å². The number of carbonyl (C=O) groups excluding carboxylic acids is 1. The number of aromatic nitrogens is 3. The van der Waals surface area contributed by atoms with Gasteiger partial charge >= 0.3 is 0 Å². The number of hydrogen-bond acceptors (Lipinski definition) is 4. The third-order valence-corrected chi connectivity index (χ3v) is 5.38. The zero-order valence-electron chi connectivity index (χ0n) is 21.1. The number of Topliss-reactive ketones (excluding diaryl/α,β-unsaturated/α-hetero) is 1. The van der Waals surface area contributed by atoms with Crippen LogP contribution < -0.4 is 0 Å². The van der Waals surface area contributed by atoms with Crippen LogP contribution in [0.4, 0.5) is 0 Å². The average Bonchev–Trinajstić information content (AvgIpc) is 2.96. The molecule has 175 valence electrons. The molecule has 0 spiro atoms. The maximum atomic E-state index is 12.6. The maximum absolute atomic E-state index is 12.6. The number of carbonyl (C=O) groups is 1. The second kappa shape index (κ2) is 12.2. The molecule has 0 bridgehead atoms. The smallest absolute Gasteiger partial charge is 0.182 e. The minimum atomic E-state index is -0.0928. The number of ketones is 1. The summed E-state index contributed by atoms with van der Waals surface area (Å²) in [5.41, 5.74) is 3.19. The topological polar surface area (TPSA) is 57.0 Å². The van der Waals surface area contributed by atoms with Crippen LogP contribution in [0.2, 0.25) is 0 Å². The molecular formula is C25H42N3O2V-. The van der Waals surface area contributed by atoms with Crippen molar-refractivity contribution in [1.29, 1.82) is 0 Å². The van der Waals surface area contributed by atoms with E-state index in [1.165, 1.54) is 5.69 Å². The van der Waals surface area contributed by atoms with Crippen LogP contribution in [-0.4, -0.2) is 32.5 Å². The molecule has 6 heteroatoms. The fraction of sp³-hybridized carbons (Fsp3) is 0.680. The first-order valence-corrected chi connectivity index (χ1v) is 10.9. The molecule has 2 rings (SSSR count). The molecular weight excluding hydrogens is 425 g/mol. The van der Waals surface area contributed by atoms with Crippen molar-refractivity contribution in [3.8, 4) is 0 Å². The number of hydrogen-bond donors (Lipinski definition) is 0. The van der Waals surface area contributed by atoms with Gasteiger partial charge in [0.15, 0.2) is 11.4 Å². The van der Waals surface area contributed by atoms with Crippen LogP contribution in [0.25, 0.3) is 11.2 Å². The van der Waals surface area contributed by atoms with E-state index < -0.39 is 0 Å². The van der Waals surface area contributed by atoms with E-state index in [1.807, 2.05) is 7.05 Å². The van der Waals surface area contributed by atoms with E-state index in [0.717, 1.165) is 43.5 Å². The zero-order chi connectivity index (χ0) is 21.8. The molecule has 1 radical (unpaired) electrons. The summed E-state index contributed by atoms with van der Waals surface area (Å²) in [6.07, 6.45) is 6.26. The third-order valence-electron chi connectivity index (χ3n) is 5.38. The van der Waals surface area contributed by atoms with Crippen LogP contribution >= 0.6 is 0 Å². The Morgan fingerprint density at radius 3 is 2.35 bits per heavy atom. The molecule has 2 aromatic rings. The van der Waals surface area contributed by atoms with Crippen molar-refractivity contribution in [2.24, 2.45) is 13.0 Å². The second-order valence-corrected chi connectivity index (χ2v) is 10.2. The quantitative estimate of drug-likeness (QED) is 0.247.